The Morgan fingerprint density at radius 3 is 2.08 bits per heavy atom. The number of ether oxygens (including phenoxy) is 2. The van der Waals surface area contributed by atoms with E-state index in [4.69, 9.17) is 9.47 Å². The Labute approximate surface area is 155 Å². The topological polar surface area (TPSA) is 18.5 Å². The molecule has 140 valence electrons. The number of nitrogens with zero attached hydrogens (tertiary/aromatic N) is 1. The summed E-state index contributed by atoms with van der Waals surface area (Å²) >= 11 is 0. The fourth-order valence-corrected chi connectivity index (χ4v) is 2.88. The lowest BCUT2D eigenvalue weighted by Gasteiger charge is -2.41. The average Bonchev–Trinajstić information content (AvgIpc) is 2.49. The number of benzene rings is 1. The van der Waals surface area contributed by atoms with E-state index in [1.54, 1.807) is 0 Å². The number of halogens is 1. The Kier molecular flexibility index (Phi) is 11.4. The Hall–Kier alpha value is -0.770. The fraction of sp³-hybridized carbons (Fsp3) is 0.700. The highest BCUT2D eigenvalue weighted by Gasteiger charge is 2.30. The molecule has 0 aliphatic heterocycles. The third kappa shape index (κ3) is 8.91. The molecule has 0 spiro atoms. The van der Waals surface area contributed by atoms with E-state index in [1.807, 2.05) is 30.3 Å². The van der Waals surface area contributed by atoms with Gasteiger partial charge in [-0.05, 0) is 24.5 Å². The SMILES string of the molecule is CC(C)CC[N+](C)(CC(C)C)C(C)OCCOc1ccccc1.[Cl-]. The predicted molar refractivity (Wildman–Crippen MR) is 97.6 cm³/mol. The summed E-state index contributed by atoms with van der Waals surface area (Å²) in [6, 6.07) is 9.92. The Morgan fingerprint density at radius 2 is 1.54 bits per heavy atom. The van der Waals surface area contributed by atoms with Gasteiger partial charge in [0.15, 0.2) is 6.23 Å². The maximum atomic E-state index is 6.11. The molecule has 0 amide bonds. The molecule has 2 unspecified atom stereocenters. The van der Waals surface area contributed by atoms with Crippen LogP contribution in [0, 0.1) is 11.8 Å². The maximum Gasteiger partial charge on any atom is 0.190 e. The smallest absolute Gasteiger partial charge is 0.190 e. The van der Waals surface area contributed by atoms with Gasteiger partial charge in [0.05, 0.1) is 26.7 Å². The zero-order valence-electron chi connectivity index (χ0n) is 16.3. The molecule has 0 radical (unpaired) electrons. The van der Waals surface area contributed by atoms with E-state index in [-0.39, 0.29) is 18.6 Å². The van der Waals surface area contributed by atoms with Crippen LogP contribution < -0.4 is 17.1 Å². The Balaban J connectivity index is 0.00000529. The van der Waals surface area contributed by atoms with E-state index in [1.165, 1.54) is 6.42 Å². The first-order valence-electron chi connectivity index (χ1n) is 8.97. The number of quaternary nitrogens is 1. The normalized spacial score (nSPS) is 15.0. The van der Waals surface area contributed by atoms with Crippen molar-refractivity contribution in [2.24, 2.45) is 11.8 Å². The van der Waals surface area contributed by atoms with Crippen LogP contribution in [-0.4, -0.2) is 44.1 Å². The van der Waals surface area contributed by atoms with E-state index in [2.05, 4.69) is 41.7 Å². The maximum absolute atomic E-state index is 6.11. The molecule has 2 atom stereocenters. The van der Waals surface area contributed by atoms with Crippen LogP contribution in [0.15, 0.2) is 30.3 Å². The van der Waals surface area contributed by atoms with Gasteiger partial charge >= 0.3 is 0 Å². The minimum Gasteiger partial charge on any atom is -1.00 e. The van der Waals surface area contributed by atoms with Crippen molar-refractivity contribution in [3.63, 3.8) is 0 Å². The van der Waals surface area contributed by atoms with Crippen molar-refractivity contribution in [1.82, 2.24) is 0 Å². The van der Waals surface area contributed by atoms with Crippen molar-refractivity contribution < 1.29 is 26.4 Å². The molecule has 0 bridgehead atoms. The van der Waals surface area contributed by atoms with Crippen LogP contribution in [0.3, 0.4) is 0 Å². The molecule has 1 rings (SSSR count). The highest BCUT2D eigenvalue weighted by atomic mass is 35.5. The van der Waals surface area contributed by atoms with Crippen LogP contribution in [0.1, 0.15) is 41.0 Å². The number of para-hydroxylation sites is 1. The summed E-state index contributed by atoms with van der Waals surface area (Å²) in [5.41, 5.74) is 0. The largest absolute Gasteiger partial charge is 1.00 e. The predicted octanol–water partition coefficient (Wildman–Crippen LogP) is 1.58. The standard InChI is InChI=1S/C20H36NO2.ClH/c1-17(2)12-13-21(6,16-18(3)4)19(5)22-14-15-23-20-10-8-7-9-11-20;/h7-11,17-19H,12-16H2,1-6H3;1H/q+1;/p-1. The van der Waals surface area contributed by atoms with Gasteiger partial charge in [0.2, 0.25) is 0 Å². The Bertz CT molecular complexity index is 425. The zero-order valence-corrected chi connectivity index (χ0v) is 17.1. The summed E-state index contributed by atoms with van der Waals surface area (Å²) in [7, 11) is 2.32. The molecule has 24 heavy (non-hydrogen) atoms. The third-order valence-corrected chi connectivity index (χ3v) is 4.33. The Morgan fingerprint density at radius 1 is 0.917 bits per heavy atom. The molecule has 0 aliphatic rings. The van der Waals surface area contributed by atoms with Gasteiger partial charge in [0.1, 0.15) is 12.4 Å². The summed E-state index contributed by atoms with van der Waals surface area (Å²) < 4.78 is 12.8. The molecule has 4 heteroatoms. The average molecular weight is 358 g/mol. The molecule has 0 N–H and O–H groups in total. The van der Waals surface area contributed by atoms with E-state index < -0.39 is 0 Å². The van der Waals surface area contributed by atoms with Crippen LogP contribution in [0.4, 0.5) is 0 Å². The minimum absolute atomic E-state index is 0. The summed E-state index contributed by atoms with van der Waals surface area (Å²) in [6.07, 6.45) is 1.42. The van der Waals surface area contributed by atoms with Gasteiger partial charge in [-0.2, -0.15) is 0 Å². The molecule has 0 aliphatic carbocycles. The number of hydrogen-bond donors (Lipinski definition) is 0. The molecule has 0 heterocycles. The van der Waals surface area contributed by atoms with Crippen molar-refractivity contribution >= 4 is 0 Å². The van der Waals surface area contributed by atoms with Gasteiger partial charge in [-0.25, -0.2) is 0 Å². The summed E-state index contributed by atoms with van der Waals surface area (Å²) in [6.45, 7) is 14.9. The molecule has 1 aromatic rings. The van der Waals surface area contributed by atoms with Gasteiger partial charge < -0.3 is 26.4 Å². The number of hydrogen-bond acceptors (Lipinski definition) is 2. The number of rotatable bonds is 11. The van der Waals surface area contributed by atoms with Gasteiger partial charge in [0.25, 0.3) is 0 Å². The van der Waals surface area contributed by atoms with Crippen molar-refractivity contribution in [3.8, 4) is 5.75 Å². The lowest BCUT2D eigenvalue weighted by molar-refractivity contribution is -0.955. The van der Waals surface area contributed by atoms with E-state index in [0.29, 0.717) is 19.1 Å². The molecule has 3 nitrogen and oxygen atoms in total. The van der Waals surface area contributed by atoms with E-state index in [9.17, 15) is 0 Å². The van der Waals surface area contributed by atoms with Crippen molar-refractivity contribution in [3.05, 3.63) is 30.3 Å². The molecule has 1 aromatic carbocycles. The fourth-order valence-electron chi connectivity index (χ4n) is 2.88. The highest BCUT2D eigenvalue weighted by Crippen LogP contribution is 2.18. The molecule has 0 saturated heterocycles. The van der Waals surface area contributed by atoms with E-state index in [0.717, 1.165) is 29.2 Å². The van der Waals surface area contributed by atoms with Crippen LogP contribution >= 0.6 is 0 Å². The molecule has 0 aromatic heterocycles. The first-order valence-corrected chi connectivity index (χ1v) is 8.97. The van der Waals surface area contributed by atoms with Crippen molar-refractivity contribution in [2.45, 2.75) is 47.3 Å². The van der Waals surface area contributed by atoms with Gasteiger partial charge in [0, 0.05) is 12.8 Å². The quantitative estimate of drug-likeness (QED) is 0.340. The van der Waals surface area contributed by atoms with Crippen LogP contribution in [0.2, 0.25) is 0 Å². The monoisotopic (exact) mass is 357 g/mol. The molecule has 0 fully saturated rings. The van der Waals surface area contributed by atoms with Crippen molar-refractivity contribution in [1.29, 1.82) is 0 Å². The third-order valence-electron chi connectivity index (χ3n) is 4.33. The van der Waals surface area contributed by atoms with Gasteiger partial charge in [-0.15, -0.1) is 0 Å². The molecule has 0 saturated carbocycles. The first-order chi connectivity index (χ1) is 10.8. The second-order valence-electron chi connectivity index (χ2n) is 7.59. The van der Waals surface area contributed by atoms with Gasteiger partial charge in [-0.1, -0.05) is 45.9 Å². The van der Waals surface area contributed by atoms with Crippen LogP contribution in [-0.2, 0) is 4.74 Å². The first kappa shape index (κ1) is 23.2. The van der Waals surface area contributed by atoms with Crippen LogP contribution in [0.25, 0.3) is 0 Å². The van der Waals surface area contributed by atoms with Crippen molar-refractivity contribution in [2.75, 3.05) is 33.4 Å². The summed E-state index contributed by atoms with van der Waals surface area (Å²) in [4.78, 5) is 0. The molecular formula is C20H36ClNO2. The zero-order chi connectivity index (χ0) is 17.3. The second-order valence-corrected chi connectivity index (χ2v) is 7.59. The summed E-state index contributed by atoms with van der Waals surface area (Å²) in [5, 5.41) is 0. The minimum atomic E-state index is 0. The molecular weight excluding hydrogens is 322 g/mol. The van der Waals surface area contributed by atoms with Crippen LogP contribution in [0.5, 0.6) is 5.75 Å². The lowest BCUT2D eigenvalue weighted by Crippen LogP contribution is -3.00. The second kappa shape index (κ2) is 11.7. The van der Waals surface area contributed by atoms with E-state index >= 15 is 0 Å². The highest BCUT2D eigenvalue weighted by molar-refractivity contribution is 5.20. The lowest BCUT2D eigenvalue weighted by atomic mass is 10.1. The summed E-state index contributed by atoms with van der Waals surface area (Å²) in [5.74, 6) is 2.30. The van der Waals surface area contributed by atoms with Gasteiger partial charge in [-0.3, -0.25) is 0 Å².